The third-order valence-corrected chi connectivity index (χ3v) is 6.56. The van der Waals surface area contributed by atoms with Crippen molar-refractivity contribution in [1.29, 1.82) is 0 Å². The van der Waals surface area contributed by atoms with Crippen molar-refractivity contribution >= 4 is 50.7 Å². The summed E-state index contributed by atoms with van der Waals surface area (Å²) in [5.41, 5.74) is 0.410. The van der Waals surface area contributed by atoms with Crippen LogP contribution in [0.2, 0.25) is 15.1 Å². The topological polar surface area (TPSA) is 75.7 Å². The largest absolute Gasteiger partial charge is 0.383 e. The maximum Gasteiger partial charge on any atom is 0.243 e. The van der Waals surface area contributed by atoms with Crippen LogP contribution < -0.4 is 5.32 Å². The molecule has 152 valence electrons. The first-order chi connectivity index (χ1) is 13.3. The monoisotopic (exact) mass is 464 g/mol. The normalized spacial score (nSPS) is 11.6. The highest BCUT2D eigenvalue weighted by Gasteiger charge is 2.28. The number of carbonyl (C=O) groups excluding carboxylic acids is 1. The van der Waals surface area contributed by atoms with Crippen LogP contribution >= 0.6 is 34.8 Å². The zero-order valence-electron chi connectivity index (χ0n) is 15.0. The van der Waals surface area contributed by atoms with E-state index >= 15 is 0 Å². The molecule has 2 rings (SSSR count). The average molecular weight is 466 g/mol. The first-order valence-electron chi connectivity index (χ1n) is 8.20. The summed E-state index contributed by atoms with van der Waals surface area (Å²) in [6.45, 7) is 0.000418. The molecule has 0 spiro atoms. The molecule has 0 saturated heterocycles. The van der Waals surface area contributed by atoms with Gasteiger partial charge < -0.3 is 10.1 Å². The van der Waals surface area contributed by atoms with Gasteiger partial charge in [-0.1, -0.05) is 40.9 Å². The van der Waals surface area contributed by atoms with Crippen LogP contribution in [0.5, 0.6) is 0 Å². The summed E-state index contributed by atoms with van der Waals surface area (Å²) < 4.78 is 32.2. The number of rotatable bonds is 9. The van der Waals surface area contributed by atoms with E-state index in [1.54, 1.807) is 18.2 Å². The second kappa shape index (κ2) is 10.4. The number of ether oxygens (including phenoxy) is 1. The zero-order valence-corrected chi connectivity index (χ0v) is 18.1. The van der Waals surface area contributed by atoms with Crippen molar-refractivity contribution in [2.24, 2.45) is 0 Å². The summed E-state index contributed by atoms with van der Waals surface area (Å²) in [5.74, 6) is -0.474. The van der Waals surface area contributed by atoms with Gasteiger partial charge in [-0.2, -0.15) is 4.31 Å². The number of hydrogen-bond acceptors (Lipinski definition) is 4. The fraction of sp³-hybridized carbons (Fsp3) is 0.278. The Morgan fingerprint density at radius 2 is 1.68 bits per heavy atom. The van der Waals surface area contributed by atoms with E-state index < -0.39 is 22.5 Å². The Morgan fingerprint density at radius 3 is 2.25 bits per heavy atom. The number of methoxy groups -OCH3 is 1. The molecule has 0 fully saturated rings. The Kier molecular flexibility index (Phi) is 8.55. The first kappa shape index (κ1) is 22.9. The van der Waals surface area contributed by atoms with Crippen LogP contribution in [0.4, 0.5) is 0 Å². The molecule has 0 aliphatic carbocycles. The van der Waals surface area contributed by atoms with Crippen molar-refractivity contribution in [3.8, 4) is 0 Å². The highest BCUT2D eigenvalue weighted by Crippen LogP contribution is 2.28. The molecule has 0 heterocycles. The number of amides is 1. The van der Waals surface area contributed by atoms with E-state index in [2.05, 4.69) is 5.32 Å². The van der Waals surface area contributed by atoms with Gasteiger partial charge in [0, 0.05) is 40.8 Å². The lowest BCUT2D eigenvalue weighted by atomic mass is 10.2. The summed E-state index contributed by atoms with van der Waals surface area (Å²) in [5, 5.41) is 3.62. The van der Waals surface area contributed by atoms with Crippen LogP contribution in [0.3, 0.4) is 0 Å². The number of hydrogen-bond donors (Lipinski definition) is 1. The predicted molar refractivity (Wildman–Crippen MR) is 110 cm³/mol. The van der Waals surface area contributed by atoms with Gasteiger partial charge in [0.15, 0.2) is 0 Å². The summed E-state index contributed by atoms with van der Waals surface area (Å²) in [4.78, 5) is 12.3. The predicted octanol–water partition coefficient (Wildman–Crippen LogP) is 3.60. The van der Waals surface area contributed by atoms with Gasteiger partial charge in [-0.25, -0.2) is 8.42 Å². The van der Waals surface area contributed by atoms with E-state index in [0.29, 0.717) is 27.2 Å². The van der Waals surface area contributed by atoms with E-state index in [1.807, 2.05) is 0 Å². The smallest absolute Gasteiger partial charge is 0.243 e. The first-order valence-corrected chi connectivity index (χ1v) is 10.8. The molecule has 0 saturated carbocycles. The highest BCUT2D eigenvalue weighted by molar-refractivity contribution is 7.89. The van der Waals surface area contributed by atoms with Crippen LogP contribution in [0.15, 0.2) is 47.4 Å². The molecule has 2 aromatic rings. The van der Waals surface area contributed by atoms with Crippen LogP contribution in [0.1, 0.15) is 5.56 Å². The Hall–Kier alpha value is -1.35. The zero-order chi connectivity index (χ0) is 20.7. The fourth-order valence-corrected chi connectivity index (χ4v) is 4.36. The highest BCUT2D eigenvalue weighted by atomic mass is 35.5. The van der Waals surface area contributed by atoms with Gasteiger partial charge in [0.25, 0.3) is 0 Å². The molecule has 1 N–H and O–H groups in total. The van der Waals surface area contributed by atoms with Crippen LogP contribution in [0.25, 0.3) is 0 Å². The summed E-state index contributed by atoms with van der Waals surface area (Å²) in [7, 11) is -2.51. The Labute approximate surface area is 179 Å². The fourth-order valence-electron chi connectivity index (χ4n) is 2.35. The molecule has 0 bridgehead atoms. The molecule has 2 aromatic carbocycles. The molecule has 28 heavy (non-hydrogen) atoms. The molecular formula is C18H19Cl3N2O4S. The molecule has 0 radical (unpaired) electrons. The van der Waals surface area contributed by atoms with Crippen molar-refractivity contribution < 1.29 is 17.9 Å². The Balaban J connectivity index is 2.35. The summed E-state index contributed by atoms with van der Waals surface area (Å²) >= 11 is 18.2. The molecular weight excluding hydrogens is 447 g/mol. The van der Waals surface area contributed by atoms with Gasteiger partial charge in [0.05, 0.1) is 18.0 Å². The van der Waals surface area contributed by atoms with Gasteiger partial charge in [0.2, 0.25) is 15.9 Å². The van der Waals surface area contributed by atoms with Crippen molar-refractivity contribution in [2.45, 2.75) is 11.4 Å². The molecule has 0 atom stereocenters. The number of nitrogens with one attached hydrogen (secondary N) is 1. The lowest BCUT2D eigenvalue weighted by molar-refractivity contribution is -0.121. The quantitative estimate of drug-likeness (QED) is 0.574. The number of benzene rings is 2. The lowest BCUT2D eigenvalue weighted by Gasteiger charge is -2.23. The Morgan fingerprint density at radius 1 is 1.07 bits per heavy atom. The molecule has 10 heteroatoms. The van der Waals surface area contributed by atoms with Gasteiger partial charge in [0.1, 0.15) is 0 Å². The SMILES string of the molecule is COCCNC(=O)CN(Cc1c(Cl)cccc1Cl)S(=O)(=O)c1ccc(Cl)cc1. The summed E-state index contributed by atoms with van der Waals surface area (Å²) in [6, 6.07) is 10.6. The lowest BCUT2D eigenvalue weighted by Crippen LogP contribution is -2.41. The average Bonchev–Trinajstić information content (AvgIpc) is 2.64. The third kappa shape index (κ3) is 6.07. The Bertz CT molecular complexity index is 901. The number of carbonyl (C=O) groups is 1. The number of halogens is 3. The van der Waals surface area contributed by atoms with Crippen molar-refractivity contribution in [3.05, 3.63) is 63.1 Å². The molecule has 0 aromatic heterocycles. The minimum absolute atomic E-state index is 0.00441. The minimum Gasteiger partial charge on any atom is -0.383 e. The van der Waals surface area contributed by atoms with Crippen molar-refractivity contribution in [3.63, 3.8) is 0 Å². The van der Waals surface area contributed by atoms with Gasteiger partial charge in [-0.05, 0) is 36.4 Å². The summed E-state index contributed by atoms with van der Waals surface area (Å²) in [6.07, 6.45) is 0. The molecule has 6 nitrogen and oxygen atoms in total. The molecule has 1 amide bonds. The maximum atomic E-state index is 13.1. The van der Waals surface area contributed by atoms with E-state index in [4.69, 9.17) is 39.5 Å². The van der Waals surface area contributed by atoms with E-state index in [-0.39, 0.29) is 18.0 Å². The van der Waals surface area contributed by atoms with Gasteiger partial charge >= 0.3 is 0 Å². The van der Waals surface area contributed by atoms with Crippen LogP contribution in [-0.4, -0.2) is 45.4 Å². The van der Waals surface area contributed by atoms with Gasteiger partial charge in [-0.3, -0.25) is 4.79 Å². The van der Waals surface area contributed by atoms with E-state index in [9.17, 15) is 13.2 Å². The number of nitrogens with zero attached hydrogens (tertiary/aromatic N) is 1. The second-order valence-corrected chi connectivity index (χ2v) is 8.96. The number of sulfonamides is 1. The second-order valence-electron chi connectivity index (χ2n) is 5.77. The standard InChI is InChI=1S/C18H19Cl3N2O4S/c1-27-10-9-22-18(24)12-23(11-15-16(20)3-2-4-17(15)21)28(25,26)14-7-5-13(19)6-8-14/h2-8H,9-12H2,1H3,(H,22,24). The van der Waals surface area contributed by atoms with Crippen molar-refractivity contribution in [2.75, 3.05) is 26.8 Å². The third-order valence-electron chi connectivity index (χ3n) is 3.80. The van der Waals surface area contributed by atoms with E-state index in [0.717, 1.165) is 4.31 Å². The van der Waals surface area contributed by atoms with Gasteiger partial charge in [-0.15, -0.1) is 0 Å². The van der Waals surface area contributed by atoms with Crippen LogP contribution in [0, 0.1) is 0 Å². The maximum absolute atomic E-state index is 13.1. The minimum atomic E-state index is -4.01. The van der Waals surface area contributed by atoms with Crippen LogP contribution in [-0.2, 0) is 26.1 Å². The molecule has 0 unspecified atom stereocenters. The molecule has 0 aliphatic rings. The molecule has 0 aliphatic heterocycles. The van der Waals surface area contributed by atoms with E-state index in [1.165, 1.54) is 31.4 Å². The van der Waals surface area contributed by atoms with Crippen molar-refractivity contribution in [1.82, 2.24) is 9.62 Å².